The van der Waals surface area contributed by atoms with Crippen LogP contribution in [0, 0.1) is 13.8 Å². The predicted molar refractivity (Wildman–Crippen MR) is 226 cm³/mol. The van der Waals surface area contributed by atoms with E-state index in [1.165, 1.54) is 107 Å². The smallest absolute Gasteiger partial charge is 0.0462 e. The van der Waals surface area contributed by atoms with Crippen molar-refractivity contribution in [1.29, 1.82) is 0 Å². The number of unbranched alkanes of at least 4 members (excludes halogenated alkanes) is 6. The minimum atomic E-state index is 1.15. The number of rotatable bonds is 17. The molecule has 2 heteroatoms. The zero-order valence-electron chi connectivity index (χ0n) is 31.8. The minimum Gasteiger partial charge on any atom is -0.311 e. The van der Waals surface area contributed by atoms with Gasteiger partial charge in [-0.2, -0.15) is 0 Å². The van der Waals surface area contributed by atoms with E-state index in [2.05, 4.69) is 183 Å². The van der Waals surface area contributed by atoms with Crippen LogP contribution in [0.15, 0.2) is 146 Å². The van der Waals surface area contributed by atoms with Gasteiger partial charge in [0.15, 0.2) is 0 Å². The van der Waals surface area contributed by atoms with E-state index in [0.717, 1.165) is 24.2 Å². The van der Waals surface area contributed by atoms with Gasteiger partial charge in [-0.3, -0.25) is 0 Å². The van der Waals surface area contributed by atoms with Gasteiger partial charge in [-0.1, -0.05) is 136 Å². The largest absolute Gasteiger partial charge is 0.311 e. The van der Waals surface area contributed by atoms with E-state index in [1.807, 2.05) is 0 Å². The van der Waals surface area contributed by atoms with E-state index in [9.17, 15) is 0 Å². The molecule has 0 aliphatic rings. The van der Waals surface area contributed by atoms with Crippen LogP contribution in [0.2, 0.25) is 0 Å². The molecule has 0 unspecified atom stereocenters. The maximum absolute atomic E-state index is 2.36. The van der Waals surface area contributed by atoms with Crippen molar-refractivity contribution in [2.24, 2.45) is 0 Å². The second-order valence-corrected chi connectivity index (χ2v) is 14.4. The third-order valence-electron chi connectivity index (χ3n) is 10.2. The van der Waals surface area contributed by atoms with Gasteiger partial charge in [0.2, 0.25) is 0 Å². The predicted octanol–water partition coefficient (Wildman–Crippen LogP) is 15.2. The molecule has 0 aliphatic carbocycles. The van der Waals surface area contributed by atoms with Gasteiger partial charge in [-0.05, 0) is 135 Å². The Labute approximate surface area is 313 Å². The Hall–Kier alpha value is -5.08. The molecule has 0 bridgehead atoms. The van der Waals surface area contributed by atoms with E-state index in [-0.39, 0.29) is 0 Å². The number of anilines is 6. The lowest BCUT2D eigenvalue weighted by Crippen LogP contribution is -2.10. The van der Waals surface area contributed by atoms with Crippen molar-refractivity contribution < 1.29 is 0 Å². The van der Waals surface area contributed by atoms with Gasteiger partial charge >= 0.3 is 0 Å². The SMILES string of the molecule is CCCCCCc1ccc(N(c2ccc(C)cc2)c2ccc(-c3ccc(N(c4ccc(C)cc4)c4ccc(CCCCCC)cc4)cc3)cc2)cc1. The van der Waals surface area contributed by atoms with Gasteiger partial charge in [-0.25, -0.2) is 0 Å². The van der Waals surface area contributed by atoms with Crippen molar-refractivity contribution in [3.8, 4) is 11.1 Å². The molecule has 0 spiro atoms. The molecule has 0 aliphatic heterocycles. The highest BCUT2D eigenvalue weighted by Gasteiger charge is 2.15. The second-order valence-electron chi connectivity index (χ2n) is 14.4. The number of hydrogen-bond donors (Lipinski definition) is 0. The van der Waals surface area contributed by atoms with Crippen molar-refractivity contribution in [3.05, 3.63) is 168 Å². The Morgan fingerprint density at radius 2 is 0.577 bits per heavy atom. The van der Waals surface area contributed by atoms with Gasteiger partial charge in [0.1, 0.15) is 0 Å². The molecule has 0 N–H and O–H groups in total. The Morgan fingerprint density at radius 1 is 0.308 bits per heavy atom. The van der Waals surface area contributed by atoms with Crippen LogP contribution in [0.4, 0.5) is 34.1 Å². The summed E-state index contributed by atoms with van der Waals surface area (Å²) >= 11 is 0. The summed E-state index contributed by atoms with van der Waals surface area (Å²) in [5.74, 6) is 0. The molecule has 0 heterocycles. The van der Waals surface area contributed by atoms with Gasteiger partial charge in [0.05, 0.1) is 0 Å². The zero-order valence-corrected chi connectivity index (χ0v) is 31.8. The van der Waals surface area contributed by atoms with Gasteiger partial charge < -0.3 is 9.80 Å². The molecule has 0 saturated heterocycles. The average Bonchev–Trinajstić information content (AvgIpc) is 3.18. The molecule has 0 radical (unpaired) electrons. The summed E-state index contributed by atoms with van der Waals surface area (Å²) in [7, 11) is 0. The maximum Gasteiger partial charge on any atom is 0.0462 e. The van der Waals surface area contributed by atoms with Crippen LogP contribution in [-0.2, 0) is 12.8 Å². The monoisotopic (exact) mass is 684 g/mol. The van der Waals surface area contributed by atoms with E-state index in [4.69, 9.17) is 0 Å². The van der Waals surface area contributed by atoms with E-state index >= 15 is 0 Å². The Balaban J connectivity index is 1.23. The van der Waals surface area contributed by atoms with Crippen LogP contribution in [-0.4, -0.2) is 0 Å². The van der Waals surface area contributed by atoms with Crippen molar-refractivity contribution >= 4 is 34.1 Å². The highest BCUT2D eigenvalue weighted by molar-refractivity contribution is 5.81. The molecule has 0 amide bonds. The Bertz CT molecular complexity index is 1770. The molecule has 6 aromatic carbocycles. The van der Waals surface area contributed by atoms with E-state index in [0.29, 0.717) is 0 Å². The van der Waals surface area contributed by atoms with Crippen LogP contribution in [0.3, 0.4) is 0 Å². The van der Waals surface area contributed by atoms with Crippen molar-refractivity contribution in [1.82, 2.24) is 0 Å². The average molecular weight is 685 g/mol. The quantitative estimate of drug-likeness (QED) is 0.0882. The number of aryl methyl sites for hydroxylation is 4. The third kappa shape index (κ3) is 9.62. The van der Waals surface area contributed by atoms with Gasteiger partial charge in [0.25, 0.3) is 0 Å². The van der Waals surface area contributed by atoms with Crippen LogP contribution in [0.5, 0.6) is 0 Å². The summed E-state index contributed by atoms with van der Waals surface area (Å²) in [4.78, 5) is 4.73. The first-order valence-electron chi connectivity index (χ1n) is 19.6. The standard InChI is InChI=1S/C50H56N2/c1-5-7-9-11-13-41-19-31-47(32-20-41)51(45-27-15-39(3)16-28-45)49-35-23-43(24-36-49)44-25-37-50(38-26-44)52(46-29-17-40(4)18-30-46)48-33-21-42(22-34-48)14-12-10-8-6-2/h15-38H,5-14H2,1-4H3. The van der Waals surface area contributed by atoms with Crippen molar-refractivity contribution in [2.75, 3.05) is 9.80 Å². The second kappa shape index (κ2) is 18.4. The topological polar surface area (TPSA) is 6.48 Å². The van der Waals surface area contributed by atoms with Crippen LogP contribution in [0.1, 0.15) is 87.5 Å². The van der Waals surface area contributed by atoms with E-state index in [1.54, 1.807) is 0 Å². The number of hydrogen-bond acceptors (Lipinski definition) is 2. The number of benzene rings is 6. The molecule has 0 saturated carbocycles. The van der Waals surface area contributed by atoms with Crippen LogP contribution < -0.4 is 9.80 Å². The summed E-state index contributed by atoms with van der Waals surface area (Å²) in [5.41, 5.74) is 14.8. The summed E-state index contributed by atoms with van der Waals surface area (Å²) < 4.78 is 0. The Morgan fingerprint density at radius 3 is 0.865 bits per heavy atom. The zero-order chi connectivity index (χ0) is 36.1. The first-order chi connectivity index (χ1) is 25.5. The summed E-state index contributed by atoms with van der Waals surface area (Å²) in [6.45, 7) is 8.84. The first kappa shape index (κ1) is 36.7. The molecule has 6 aromatic rings. The first-order valence-corrected chi connectivity index (χ1v) is 19.6. The summed E-state index contributed by atoms with van der Waals surface area (Å²) in [6.07, 6.45) is 12.6. The molecule has 52 heavy (non-hydrogen) atoms. The normalized spacial score (nSPS) is 11.1. The van der Waals surface area contributed by atoms with Gasteiger partial charge in [0, 0.05) is 34.1 Å². The lowest BCUT2D eigenvalue weighted by Gasteiger charge is -2.26. The van der Waals surface area contributed by atoms with Crippen LogP contribution in [0.25, 0.3) is 11.1 Å². The highest BCUT2D eigenvalue weighted by Crippen LogP contribution is 2.38. The number of nitrogens with zero attached hydrogens (tertiary/aromatic N) is 2. The molecular formula is C50H56N2. The fourth-order valence-corrected chi connectivity index (χ4v) is 7.02. The van der Waals surface area contributed by atoms with Crippen molar-refractivity contribution in [2.45, 2.75) is 91.9 Å². The van der Waals surface area contributed by atoms with Crippen LogP contribution >= 0.6 is 0 Å². The maximum atomic E-state index is 2.36. The Kier molecular flexibility index (Phi) is 13.0. The minimum absolute atomic E-state index is 1.15. The fourth-order valence-electron chi connectivity index (χ4n) is 7.02. The summed E-state index contributed by atoms with van der Waals surface area (Å²) in [6, 6.07) is 54.1. The lowest BCUT2D eigenvalue weighted by molar-refractivity contribution is 0.667. The molecular weight excluding hydrogens is 629 g/mol. The molecule has 0 aromatic heterocycles. The molecule has 0 atom stereocenters. The molecule has 0 fully saturated rings. The summed E-state index contributed by atoms with van der Waals surface area (Å²) in [5, 5.41) is 0. The fraction of sp³-hybridized carbons (Fsp3) is 0.280. The lowest BCUT2D eigenvalue weighted by atomic mass is 10.0. The third-order valence-corrected chi connectivity index (χ3v) is 10.2. The van der Waals surface area contributed by atoms with Gasteiger partial charge in [-0.15, -0.1) is 0 Å². The highest BCUT2D eigenvalue weighted by atomic mass is 15.1. The van der Waals surface area contributed by atoms with E-state index < -0.39 is 0 Å². The van der Waals surface area contributed by atoms with Crippen molar-refractivity contribution in [3.63, 3.8) is 0 Å². The molecule has 6 rings (SSSR count). The molecule has 2 nitrogen and oxygen atoms in total. The molecule has 266 valence electrons.